The lowest BCUT2D eigenvalue weighted by molar-refractivity contribution is -0.120. The topological polar surface area (TPSA) is 92.9 Å². The van der Waals surface area contributed by atoms with Gasteiger partial charge in [-0.1, -0.05) is 24.3 Å². The van der Waals surface area contributed by atoms with Gasteiger partial charge in [-0.2, -0.15) is 0 Å². The first-order chi connectivity index (χ1) is 12.7. The van der Waals surface area contributed by atoms with Crippen LogP contribution in [0.1, 0.15) is 12.8 Å². The fourth-order valence-electron chi connectivity index (χ4n) is 3.29. The van der Waals surface area contributed by atoms with Crippen LogP contribution in [0.15, 0.2) is 48.5 Å². The van der Waals surface area contributed by atoms with E-state index in [0.29, 0.717) is 11.6 Å². The average Bonchev–Trinajstić information content (AvgIpc) is 2.69. The highest BCUT2D eigenvalue weighted by molar-refractivity contribution is 5.93. The summed E-state index contributed by atoms with van der Waals surface area (Å²) in [6.45, 7) is 1.78. The number of benzene rings is 2. The van der Waals surface area contributed by atoms with Crippen LogP contribution in [0.5, 0.6) is 0 Å². The van der Waals surface area contributed by atoms with Crippen LogP contribution < -0.4 is 16.4 Å². The van der Waals surface area contributed by atoms with E-state index < -0.39 is 0 Å². The van der Waals surface area contributed by atoms with Crippen molar-refractivity contribution in [1.82, 2.24) is 15.3 Å². The molecule has 0 unspecified atom stereocenters. The number of nitrogens with one attached hydrogen (secondary N) is 2. The monoisotopic (exact) mass is 347 g/mol. The Bertz CT molecular complexity index is 950. The first-order valence-corrected chi connectivity index (χ1v) is 8.85. The van der Waals surface area contributed by atoms with Crippen LogP contribution in [-0.4, -0.2) is 29.0 Å². The van der Waals surface area contributed by atoms with Gasteiger partial charge >= 0.3 is 0 Å². The molecule has 1 saturated heterocycles. The molecular formula is C20H21N5O. The molecule has 2 heterocycles. The van der Waals surface area contributed by atoms with Crippen molar-refractivity contribution in [2.45, 2.75) is 12.8 Å². The van der Waals surface area contributed by atoms with Crippen molar-refractivity contribution in [2.24, 2.45) is 5.92 Å². The number of rotatable bonds is 3. The van der Waals surface area contributed by atoms with E-state index in [1.54, 1.807) is 0 Å². The number of anilines is 2. The lowest BCUT2D eigenvalue weighted by Gasteiger charge is -2.21. The van der Waals surface area contributed by atoms with Gasteiger partial charge in [-0.3, -0.25) is 4.79 Å². The van der Waals surface area contributed by atoms with Gasteiger partial charge in [0.15, 0.2) is 5.82 Å². The minimum atomic E-state index is 0.0625. The van der Waals surface area contributed by atoms with Crippen molar-refractivity contribution in [1.29, 1.82) is 0 Å². The van der Waals surface area contributed by atoms with Crippen molar-refractivity contribution in [3.05, 3.63) is 48.5 Å². The van der Waals surface area contributed by atoms with E-state index >= 15 is 0 Å². The second kappa shape index (κ2) is 7.09. The molecule has 0 radical (unpaired) electrons. The standard InChI is InChI=1S/C20H21N5O/c21-18-16-6-1-2-7-17(16)24-19(25-18)14-4-3-5-15(12-14)23-20(26)13-8-10-22-11-9-13/h1-7,12-13,22H,8-11H2,(H,23,26)(H2,21,24,25). The lowest BCUT2D eigenvalue weighted by Crippen LogP contribution is -2.34. The molecule has 0 spiro atoms. The van der Waals surface area contributed by atoms with Crippen LogP contribution in [0.4, 0.5) is 11.5 Å². The number of nitrogen functional groups attached to an aromatic ring is 1. The fraction of sp³-hybridized carbons (Fsp3) is 0.250. The van der Waals surface area contributed by atoms with Crippen LogP contribution in [0, 0.1) is 5.92 Å². The summed E-state index contributed by atoms with van der Waals surface area (Å²) in [6.07, 6.45) is 1.74. The number of nitrogens with zero attached hydrogens (tertiary/aromatic N) is 2. The molecule has 4 rings (SSSR count). The third kappa shape index (κ3) is 3.36. The Balaban J connectivity index is 1.60. The van der Waals surface area contributed by atoms with Crippen molar-refractivity contribution < 1.29 is 4.79 Å². The largest absolute Gasteiger partial charge is 0.383 e. The third-order valence-corrected chi connectivity index (χ3v) is 4.73. The Labute approximate surface area is 151 Å². The fourth-order valence-corrected chi connectivity index (χ4v) is 3.29. The van der Waals surface area contributed by atoms with Gasteiger partial charge in [0.1, 0.15) is 5.82 Å². The molecule has 1 aliphatic rings. The molecule has 2 aromatic carbocycles. The number of carbonyl (C=O) groups is 1. The molecule has 0 aliphatic carbocycles. The van der Waals surface area contributed by atoms with Crippen molar-refractivity contribution >= 4 is 28.3 Å². The summed E-state index contributed by atoms with van der Waals surface area (Å²) >= 11 is 0. The SMILES string of the molecule is Nc1nc(-c2cccc(NC(=O)C3CCNCC3)c2)nc2ccccc12. The van der Waals surface area contributed by atoms with Crippen molar-refractivity contribution in [3.8, 4) is 11.4 Å². The normalized spacial score (nSPS) is 15.1. The molecule has 6 heteroatoms. The van der Waals surface area contributed by atoms with Gasteiger partial charge in [-0.25, -0.2) is 9.97 Å². The number of nitrogens with two attached hydrogens (primary N) is 1. The predicted octanol–water partition coefficient (Wildman–Crippen LogP) is 2.82. The first kappa shape index (κ1) is 16.5. The van der Waals surface area contributed by atoms with Crippen LogP contribution >= 0.6 is 0 Å². The summed E-state index contributed by atoms with van der Waals surface area (Å²) in [6, 6.07) is 15.2. The molecule has 1 aromatic heterocycles. The van der Waals surface area contributed by atoms with E-state index in [0.717, 1.165) is 48.1 Å². The molecular weight excluding hydrogens is 326 g/mol. The highest BCUT2D eigenvalue weighted by Crippen LogP contribution is 2.25. The molecule has 132 valence electrons. The summed E-state index contributed by atoms with van der Waals surface area (Å²) in [5.74, 6) is 1.14. The van der Waals surface area contributed by atoms with E-state index in [-0.39, 0.29) is 11.8 Å². The van der Waals surface area contributed by atoms with Crippen molar-refractivity contribution in [3.63, 3.8) is 0 Å². The highest BCUT2D eigenvalue weighted by Gasteiger charge is 2.21. The first-order valence-electron chi connectivity index (χ1n) is 8.85. The molecule has 6 nitrogen and oxygen atoms in total. The van der Waals surface area contributed by atoms with E-state index in [2.05, 4.69) is 20.6 Å². The maximum Gasteiger partial charge on any atom is 0.227 e. The maximum atomic E-state index is 12.5. The second-order valence-electron chi connectivity index (χ2n) is 6.54. The minimum absolute atomic E-state index is 0.0625. The van der Waals surface area contributed by atoms with Crippen molar-refractivity contribution in [2.75, 3.05) is 24.1 Å². The number of hydrogen-bond donors (Lipinski definition) is 3. The highest BCUT2D eigenvalue weighted by atomic mass is 16.1. The zero-order valence-corrected chi connectivity index (χ0v) is 14.4. The molecule has 1 fully saturated rings. The molecule has 4 N–H and O–H groups in total. The zero-order chi connectivity index (χ0) is 17.9. The average molecular weight is 347 g/mol. The molecule has 3 aromatic rings. The smallest absolute Gasteiger partial charge is 0.227 e. The van der Waals surface area contributed by atoms with Gasteiger partial charge in [0.2, 0.25) is 5.91 Å². The Morgan fingerprint density at radius 3 is 2.73 bits per heavy atom. The Hall–Kier alpha value is -2.99. The van der Waals surface area contributed by atoms with Gasteiger partial charge in [-0.15, -0.1) is 0 Å². The number of aromatic nitrogens is 2. The summed E-state index contributed by atoms with van der Waals surface area (Å²) in [5.41, 5.74) is 8.46. The lowest BCUT2D eigenvalue weighted by atomic mass is 9.97. The number of para-hydroxylation sites is 1. The van der Waals surface area contributed by atoms with Gasteiger partial charge in [0.25, 0.3) is 0 Å². The minimum Gasteiger partial charge on any atom is -0.383 e. The van der Waals surface area contributed by atoms with Gasteiger partial charge in [-0.05, 0) is 50.2 Å². The molecule has 26 heavy (non-hydrogen) atoms. The quantitative estimate of drug-likeness (QED) is 0.677. The number of carbonyl (C=O) groups excluding carboxylic acids is 1. The molecule has 0 bridgehead atoms. The van der Waals surface area contributed by atoms with Crippen LogP contribution in [0.2, 0.25) is 0 Å². The zero-order valence-electron chi connectivity index (χ0n) is 14.4. The third-order valence-electron chi connectivity index (χ3n) is 4.73. The molecule has 0 saturated carbocycles. The van der Waals surface area contributed by atoms with E-state index in [1.165, 1.54) is 0 Å². The second-order valence-corrected chi connectivity index (χ2v) is 6.54. The summed E-state index contributed by atoms with van der Waals surface area (Å²) < 4.78 is 0. The van der Waals surface area contributed by atoms with Crippen LogP contribution in [0.25, 0.3) is 22.3 Å². The molecule has 0 atom stereocenters. The number of piperidine rings is 1. The van der Waals surface area contributed by atoms with Gasteiger partial charge in [0, 0.05) is 22.6 Å². The number of hydrogen-bond acceptors (Lipinski definition) is 5. The van der Waals surface area contributed by atoms with Crippen LogP contribution in [-0.2, 0) is 4.79 Å². The predicted molar refractivity (Wildman–Crippen MR) is 104 cm³/mol. The Morgan fingerprint density at radius 1 is 1.08 bits per heavy atom. The van der Waals surface area contributed by atoms with E-state index in [4.69, 9.17) is 5.73 Å². The van der Waals surface area contributed by atoms with Gasteiger partial charge in [0.05, 0.1) is 5.52 Å². The summed E-state index contributed by atoms with van der Waals surface area (Å²) in [4.78, 5) is 21.5. The van der Waals surface area contributed by atoms with Crippen LogP contribution in [0.3, 0.4) is 0 Å². The van der Waals surface area contributed by atoms with E-state index in [1.807, 2.05) is 48.5 Å². The van der Waals surface area contributed by atoms with Gasteiger partial charge < -0.3 is 16.4 Å². The van der Waals surface area contributed by atoms with E-state index in [9.17, 15) is 4.79 Å². The maximum absolute atomic E-state index is 12.5. The number of amides is 1. The molecule has 1 aliphatic heterocycles. The number of fused-ring (bicyclic) bond motifs is 1. The Morgan fingerprint density at radius 2 is 1.88 bits per heavy atom. The summed E-state index contributed by atoms with van der Waals surface area (Å²) in [7, 11) is 0. The summed E-state index contributed by atoms with van der Waals surface area (Å²) in [5, 5.41) is 7.14. The molecule has 1 amide bonds. The Kier molecular flexibility index (Phi) is 4.50.